The summed E-state index contributed by atoms with van der Waals surface area (Å²) in [5.74, 6) is 0. The lowest BCUT2D eigenvalue weighted by Gasteiger charge is -2.40. The molecule has 0 amide bonds. The highest BCUT2D eigenvalue weighted by molar-refractivity contribution is 7.32. The first-order valence-corrected chi connectivity index (χ1v) is 13.9. The van der Waals surface area contributed by atoms with Crippen LogP contribution in [0.1, 0.15) is 30.3 Å². The van der Waals surface area contributed by atoms with Gasteiger partial charge in [0.25, 0.3) is 5.56 Å². The number of aromatic nitrogens is 5. The molecule has 2 aromatic rings. The van der Waals surface area contributed by atoms with Gasteiger partial charge in [-0.05, 0) is 19.8 Å². The Labute approximate surface area is 229 Å². The first kappa shape index (κ1) is 32.2. The number of aliphatic hydroxyl groups excluding tert-OH is 4. The van der Waals surface area contributed by atoms with Crippen molar-refractivity contribution in [3.63, 3.8) is 0 Å². The molecule has 1 aliphatic heterocycles. The molecule has 17 nitrogen and oxygen atoms in total. The first-order valence-electron chi connectivity index (χ1n) is 12.7. The molecule has 18 heteroatoms. The van der Waals surface area contributed by atoms with E-state index in [0.29, 0.717) is 25.1 Å². The van der Waals surface area contributed by atoms with Crippen molar-refractivity contribution in [2.75, 3.05) is 33.0 Å². The lowest BCUT2D eigenvalue weighted by atomic mass is 9.98. The van der Waals surface area contributed by atoms with Crippen LogP contribution in [-0.2, 0) is 43.0 Å². The molecule has 6 atom stereocenters. The Morgan fingerprint density at radius 1 is 1.00 bits per heavy atom. The van der Waals surface area contributed by atoms with E-state index in [4.69, 9.17) is 19.1 Å². The third kappa shape index (κ3) is 8.59. The van der Waals surface area contributed by atoms with E-state index in [1.807, 2.05) is 0 Å². The summed E-state index contributed by atoms with van der Waals surface area (Å²) in [6.45, 7) is 2.36. The maximum Gasteiger partial charge on any atom is 0.333 e. The second-order valence-electron chi connectivity index (χ2n) is 9.14. The van der Waals surface area contributed by atoms with Crippen LogP contribution in [0.15, 0.2) is 22.0 Å². The van der Waals surface area contributed by atoms with Crippen LogP contribution >= 0.6 is 8.25 Å². The Hall–Kier alpha value is -2.31. The Kier molecular flexibility index (Phi) is 12.6. The van der Waals surface area contributed by atoms with E-state index < -0.39 is 56.8 Å². The number of aryl methyl sites for hydroxylation is 2. The van der Waals surface area contributed by atoms with E-state index in [1.54, 1.807) is 10.9 Å². The topological polar surface area (TPSA) is 230 Å². The summed E-state index contributed by atoms with van der Waals surface area (Å²) in [5, 5.41) is 48.0. The summed E-state index contributed by atoms with van der Waals surface area (Å²) in [4.78, 5) is 34.3. The van der Waals surface area contributed by atoms with E-state index in [9.17, 15) is 34.6 Å². The predicted octanol–water partition coefficient (Wildman–Crippen LogP) is -2.71. The van der Waals surface area contributed by atoms with E-state index >= 15 is 0 Å². The zero-order valence-corrected chi connectivity index (χ0v) is 22.9. The van der Waals surface area contributed by atoms with Crippen molar-refractivity contribution in [2.45, 2.75) is 70.1 Å². The number of hydrogen-bond acceptors (Lipinski definition) is 13. The van der Waals surface area contributed by atoms with Crippen LogP contribution in [0, 0.1) is 6.92 Å². The fourth-order valence-corrected chi connectivity index (χ4v) is 4.35. The quantitative estimate of drug-likeness (QED) is 0.0985. The molecule has 5 N–H and O–H groups in total. The van der Waals surface area contributed by atoms with Crippen LogP contribution in [0.3, 0.4) is 0 Å². The number of rotatable bonds is 16. The van der Waals surface area contributed by atoms with Crippen LogP contribution in [0.2, 0.25) is 0 Å². The fourth-order valence-electron chi connectivity index (χ4n) is 4.09. The van der Waals surface area contributed by atoms with Gasteiger partial charge in [0.15, 0.2) is 6.23 Å². The Morgan fingerprint density at radius 3 is 2.42 bits per heavy atom. The van der Waals surface area contributed by atoms with Gasteiger partial charge in [-0.1, -0.05) is 5.21 Å². The van der Waals surface area contributed by atoms with Crippen molar-refractivity contribution in [1.29, 1.82) is 0 Å². The molecule has 1 fully saturated rings. The van der Waals surface area contributed by atoms with Gasteiger partial charge in [0.2, 0.25) is 0 Å². The first-order chi connectivity index (χ1) is 19.1. The van der Waals surface area contributed by atoms with Crippen LogP contribution in [0.4, 0.5) is 0 Å². The van der Waals surface area contributed by atoms with E-state index in [2.05, 4.69) is 14.8 Å². The Morgan fingerprint density at radius 2 is 1.70 bits per heavy atom. The second-order valence-corrected chi connectivity index (χ2v) is 9.96. The summed E-state index contributed by atoms with van der Waals surface area (Å²) < 4.78 is 34.6. The Balaban J connectivity index is 1.49. The monoisotopic (exact) mass is 593 g/mol. The molecule has 3 heterocycles. The van der Waals surface area contributed by atoms with Crippen molar-refractivity contribution in [3.05, 3.63) is 44.5 Å². The van der Waals surface area contributed by atoms with Crippen molar-refractivity contribution in [1.82, 2.24) is 24.1 Å². The highest BCUT2D eigenvalue weighted by Crippen LogP contribution is 2.27. The standard InChI is InChI=1S/C22H36N5O12P/c1-14-10-27(21-19(31)18(30)17(29)16(12-28)39-21)22(33)26(20(14)32)5-3-2-4-25-11-15(23-24-25)13-37-7-6-36-8-9-38-40(34)35/h10-11,16-19,21,28-31,40H,2-9,12-13H2,1H3,(H,34,35)/t16?,17-,18?,19-,21+/m0/s1. The lowest BCUT2D eigenvalue weighted by molar-refractivity contribution is -0.252. The van der Waals surface area contributed by atoms with Gasteiger partial charge in [-0.15, -0.1) is 5.10 Å². The number of unbranched alkanes of at least 4 members (excludes halogenated alkanes) is 1. The SMILES string of the molecule is Cc1cn([C@@H]2OC(CO)[C@H](O)C(O)[C@@H]2O)c(=O)n(CCCCn2cc(COCCOCCO[PH](=O)O)nn2)c1=O. The van der Waals surface area contributed by atoms with Gasteiger partial charge < -0.3 is 44.1 Å². The van der Waals surface area contributed by atoms with Gasteiger partial charge in [0.05, 0.1) is 45.8 Å². The van der Waals surface area contributed by atoms with Gasteiger partial charge in [0, 0.05) is 24.8 Å². The minimum absolute atomic E-state index is 0.0233. The zero-order chi connectivity index (χ0) is 29.2. The maximum absolute atomic E-state index is 13.1. The van der Waals surface area contributed by atoms with Crippen LogP contribution in [-0.4, -0.2) is 107 Å². The molecule has 1 saturated heterocycles. The summed E-state index contributed by atoms with van der Waals surface area (Å²) >= 11 is 0. The minimum Gasteiger partial charge on any atom is -0.394 e. The average molecular weight is 594 g/mol. The molecule has 0 aliphatic carbocycles. The third-order valence-corrected chi connectivity index (χ3v) is 6.64. The van der Waals surface area contributed by atoms with Gasteiger partial charge in [-0.2, -0.15) is 0 Å². The van der Waals surface area contributed by atoms with E-state index in [0.717, 1.165) is 9.13 Å². The molecular weight excluding hydrogens is 557 g/mol. The largest absolute Gasteiger partial charge is 0.394 e. The summed E-state index contributed by atoms with van der Waals surface area (Å²) in [5.41, 5.74) is -0.467. The minimum atomic E-state index is -2.95. The highest BCUT2D eigenvalue weighted by atomic mass is 31.1. The zero-order valence-electron chi connectivity index (χ0n) is 21.9. The normalized spacial score (nSPS) is 23.9. The molecule has 226 valence electrons. The van der Waals surface area contributed by atoms with Crippen LogP contribution in [0.5, 0.6) is 0 Å². The molecule has 3 rings (SSSR count). The Bertz CT molecular complexity index is 1220. The molecule has 0 spiro atoms. The number of ether oxygens (including phenoxy) is 3. The maximum atomic E-state index is 13.1. The van der Waals surface area contributed by atoms with Gasteiger partial charge in [-0.3, -0.25) is 23.2 Å². The lowest BCUT2D eigenvalue weighted by Crippen LogP contribution is -2.58. The van der Waals surface area contributed by atoms with Crippen molar-refractivity contribution in [3.8, 4) is 0 Å². The molecule has 0 saturated carbocycles. The van der Waals surface area contributed by atoms with Gasteiger partial charge in [-0.25, -0.2) is 4.79 Å². The molecule has 0 aromatic carbocycles. The van der Waals surface area contributed by atoms with Crippen molar-refractivity contribution >= 4 is 8.25 Å². The van der Waals surface area contributed by atoms with E-state index in [1.165, 1.54) is 13.1 Å². The van der Waals surface area contributed by atoms with Gasteiger partial charge >= 0.3 is 13.9 Å². The fraction of sp³-hybridized carbons (Fsp3) is 0.727. The molecule has 40 heavy (non-hydrogen) atoms. The highest BCUT2D eigenvalue weighted by Gasteiger charge is 2.44. The van der Waals surface area contributed by atoms with Gasteiger partial charge in [0.1, 0.15) is 30.1 Å². The summed E-state index contributed by atoms with van der Waals surface area (Å²) in [7, 11) is -2.95. The number of hydrogen-bond donors (Lipinski definition) is 5. The molecule has 1 aliphatic rings. The summed E-state index contributed by atoms with van der Waals surface area (Å²) in [6, 6.07) is 0. The predicted molar refractivity (Wildman–Crippen MR) is 136 cm³/mol. The second kappa shape index (κ2) is 15.6. The average Bonchev–Trinajstić information content (AvgIpc) is 3.38. The molecule has 3 unspecified atom stereocenters. The number of nitrogens with zero attached hydrogens (tertiary/aromatic N) is 5. The number of aliphatic hydroxyl groups is 4. The summed E-state index contributed by atoms with van der Waals surface area (Å²) in [6.07, 6.45) is -3.60. The molecular formula is C22H36N5O12P. The molecule has 0 radical (unpaired) electrons. The third-order valence-electron chi connectivity index (χ3n) is 6.19. The molecule has 0 bridgehead atoms. The molecule has 2 aromatic heterocycles. The van der Waals surface area contributed by atoms with Crippen LogP contribution in [0.25, 0.3) is 0 Å². The van der Waals surface area contributed by atoms with Crippen LogP contribution < -0.4 is 11.2 Å². The smallest absolute Gasteiger partial charge is 0.333 e. The van der Waals surface area contributed by atoms with E-state index in [-0.39, 0.29) is 45.1 Å². The van der Waals surface area contributed by atoms with Crippen molar-refractivity contribution in [2.24, 2.45) is 0 Å². The van der Waals surface area contributed by atoms with Crippen molar-refractivity contribution < 1.29 is 48.6 Å².